The van der Waals surface area contributed by atoms with E-state index in [-0.39, 0.29) is 5.60 Å². The lowest BCUT2D eigenvalue weighted by Crippen LogP contribution is -2.36. The maximum Gasteiger partial charge on any atom is 0.138 e. The van der Waals surface area contributed by atoms with Gasteiger partial charge in [-0.15, -0.1) is 0 Å². The number of rotatable bonds is 6. The van der Waals surface area contributed by atoms with E-state index in [0.717, 1.165) is 37.5 Å². The van der Waals surface area contributed by atoms with Crippen molar-refractivity contribution in [1.82, 2.24) is 15.3 Å². The fourth-order valence-corrected chi connectivity index (χ4v) is 3.19. The van der Waals surface area contributed by atoms with E-state index in [1.807, 2.05) is 6.20 Å². The molecule has 0 bridgehead atoms. The summed E-state index contributed by atoms with van der Waals surface area (Å²) in [5.74, 6) is 1.73. The van der Waals surface area contributed by atoms with Crippen molar-refractivity contribution in [3.8, 4) is 0 Å². The van der Waals surface area contributed by atoms with Crippen molar-refractivity contribution >= 4 is 0 Å². The maximum atomic E-state index is 6.15. The van der Waals surface area contributed by atoms with Crippen LogP contribution in [0, 0.1) is 5.92 Å². The Bertz CT molecular complexity index is 412. The predicted octanol–water partition coefficient (Wildman–Crippen LogP) is 3.35. The minimum Gasteiger partial charge on any atom is -0.367 e. The van der Waals surface area contributed by atoms with Gasteiger partial charge in [0, 0.05) is 31.1 Å². The highest BCUT2D eigenvalue weighted by molar-refractivity contribution is 5.10. The second kappa shape index (κ2) is 6.72. The molecule has 0 radical (unpaired) electrons. The minimum atomic E-state index is -0.192. The van der Waals surface area contributed by atoms with Gasteiger partial charge >= 0.3 is 0 Å². The molecule has 1 saturated carbocycles. The molecule has 2 N–H and O–H groups in total. The number of nitrogens with zero attached hydrogens (tertiary/aromatic N) is 1. The fraction of sp³-hybridized carbons (Fsp3) is 0.812. The molecule has 1 aromatic rings. The van der Waals surface area contributed by atoms with Gasteiger partial charge in [0.25, 0.3) is 0 Å². The van der Waals surface area contributed by atoms with E-state index in [1.54, 1.807) is 0 Å². The van der Waals surface area contributed by atoms with Crippen molar-refractivity contribution < 1.29 is 4.74 Å². The van der Waals surface area contributed by atoms with E-state index in [0.29, 0.717) is 12.0 Å². The molecule has 1 fully saturated rings. The molecule has 0 aromatic carbocycles. The van der Waals surface area contributed by atoms with Crippen LogP contribution in [0.4, 0.5) is 0 Å². The summed E-state index contributed by atoms with van der Waals surface area (Å²) in [4.78, 5) is 8.11. The van der Waals surface area contributed by atoms with Gasteiger partial charge in [-0.05, 0) is 32.1 Å². The molecule has 2 unspecified atom stereocenters. The number of aromatic amines is 1. The Morgan fingerprint density at radius 3 is 3.00 bits per heavy atom. The molecule has 1 aliphatic carbocycles. The molecule has 114 valence electrons. The number of nitrogens with one attached hydrogen (secondary N) is 2. The van der Waals surface area contributed by atoms with E-state index in [9.17, 15) is 0 Å². The molecule has 0 spiro atoms. The van der Waals surface area contributed by atoms with Crippen LogP contribution in [0.2, 0.25) is 0 Å². The Morgan fingerprint density at radius 1 is 1.55 bits per heavy atom. The van der Waals surface area contributed by atoms with Crippen LogP contribution >= 0.6 is 0 Å². The molecule has 2 atom stereocenters. The first-order valence-corrected chi connectivity index (χ1v) is 7.97. The summed E-state index contributed by atoms with van der Waals surface area (Å²) in [5.41, 5.74) is 0.952. The molecule has 0 saturated heterocycles. The number of H-pyrrole nitrogens is 1. The first-order chi connectivity index (χ1) is 9.55. The minimum absolute atomic E-state index is 0.192. The molecule has 1 aliphatic rings. The summed E-state index contributed by atoms with van der Waals surface area (Å²) < 4.78 is 6.15. The van der Waals surface area contributed by atoms with E-state index in [1.165, 1.54) is 12.8 Å². The van der Waals surface area contributed by atoms with Gasteiger partial charge in [-0.2, -0.15) is 0 Å². The van der Waals surface area contributed by atoms with Crippen LogP contribution in [0.5, 0.6) is 0 Å². The zero-order chi connectivity index (χ0) is 14.6. The summed E-state index contributed by atoms with van der Waals surface area (Å²) in [6.07, 6.45) is 6.63. The summed E-state index contributed by atoms with van der Waals surface area (Å²) in [6.45, 7) is 10.3. The van der Waals surface area contributed by atoms with Gasteiger partial charge in [0.1, 0.15) is 11.4 Å². The lowest BCUT2D eigenvalue weighted by molar-refractivity contribution is -0.0876. The van der Waals surface area contributed by atoms with E-state index < -0.39 is 0 Å². The quantitative estimate of drug-likeness (QED) is 0.839. The van der Waals surface area contributed by atoms with Crippen molar-refractivity contribution in [2.24, 2.45) is 5.92 Å². The van der Waals surface area contributed by atoms with Crippen molar-refractivity contribution in [3.05, 3.63) is 17.7 Å². The first kappa shape index (κ1) is 15.5. The van der Waals surface area contributed by atoms with Crippen molar-refractivity contribution in [2.45, 2.75) is 71.6 Å². The topological polar surface area (TPSA) is 49.9 Å². The van der Waals surface area contributed by atoms with Crippen LogP contribution in [-0.4, -0.2) is 22.6 Å². The zero-order valence-corrected chi connectivity index (χ0v) is 13.3. The van der Waals surface area contributed by atoms with E-state index >= 15 is 0 Å². The van der Waals surface area contributed by atoms with Crippen LogP contribution in [0.15, 0.2) is 6.20 Å². The first-order valence-electron chi connectivity index (χ1n) is 7.97. The highest BCUT2D eigenvalue weighted by Gasteiger charge is 2.39. The Labute approximate surface area is 122 Å². The standard InChI is InChI=1S/C16H29N3O/c1-5-20-16(8-6-7-13(4)9-16)15-18-11-14(19-15)10-17-12(2)3/h11-13,17H,5-10H2,1-4H3,(H,18,19). The molecule has 4 heteroatoms. The van der Waals surface area contributed by atoms with Crippen LogP contribution in [-0.2, 0) is 16.9 Å². The molecule has 2 rings (SSSR count). The highest BCUT2D eigenvalue weighted by atomic mass is 16.5. The average Bonchev–Trinajstić information content (AvgIpc) is 2.86. The van der Waals surface area contributed by atoms with E-state index in [2.05, 4.69) is 43.0 Å². The van der Waals surface area contributed by atoms with Crippen LogP contribution in [0.3, 0.4) is 0 Å². The third-order valence-corrected chi connectivity index (χ3v) is 4.14. The third-order valence-electron chi connectivity index (χ3n) is 4.14. The summed E-state index contributed by atoms with van der Waals surface area (Å²) in [7, 11) is 0. The molecule has 0 aliphatic heterocycles. The molecule has 4 nitrogen and oxygen atoms in total. The Hall–Kier alpha value is -0.870. The summed E-state index contributed by atoms with van der Waals surface area (Å²) >= 11 is 0. The number of aromatic nitrogens is 2. The van der Waals surface area contributed by atoms with E-state index in [4.69, 9.17) is 4.74 Å². The Morgan fingerprint density at radius 2 is 2.35 bits per heavy atom. The largest absolute Gasteiger partial charge is 0.367 e. The summed E-state index contributed by atoms with van der Waals surface area (Å²) in [6, 6.07) is 0.484. The highest BCUT2D eigenvalue weighted by Crippen LogP contribution is 2.41. The fourth-order valence-electron chi connectivity index (χ4n) is 3.19. The van der Waals surface area contributed by atoms with Crippen molar-refractivity contribution in [1.29, 1.82) is 0 Å². The van der Waals surface area contributed by atoms with Gasteiger partial charge in [-0.1, -0.05) is 27.2 Å². The third kappa shape index (κ3) is 3.61. The number of hydrogen-bond acceptors (Lipinski definition) is 3. The van der Waals surface area contributed by atoms with Gasteiger partial charge in [0.15, 0.2) is 0 Å². The normalized spacial score (nSPS) is 27.1. The van der Waals surface area contributed by atoms with Crippen LogP contribution in [0.1, 0.15) is 64.9 Å². The average molecular weight is 279 g/mol. The lowest BCUT2D eigenvalue weighted by atomic mass is 9.78. The molecular weight excluding hydrogens is 250 g/mol. The molecule has 20 heavy (non-hydrogen) atoms. The number of ether oxygens (including phenoxy) is 1. The Balaban J connectivity index is 2.13. The van der Waals surface area contributed by atoms with Gasteiger partial charge < -0.3 is 15.0 Å². The van der Waals surface area contributed by atoms with Crippen LogP contribution in [0.25, 0.3) is 0 Å². The molecule has 1 heterocycles. The lowest BCUT2D eigenvalue weighted by Gasteiger charge is -2.38. The molecule has 0 amide bonds. The molecule has 1 aromatic heterocycles. The van der Waals surface area contributed by atoms with Gasteiger partial charge in [0.05, 0.1) is 0 Å². The van der Waals surface area contributed by atoms with Gasteiger partial charge in [-0.25, -0.2) is 4.98 Å². The van der Waals surface area contributed by atoms with Crippen LogP contribution < -0.4 is 5.32 Å². The van der Waals surface area contributed by atoms with Crippen molar-refractivity contribution in [3.63, 3.8) is 0 Å². The second-order valence-electron chi connectivity index (χ2n) is 6.42. The van der Waals surface area contributed by atoms with Gasteiger partial charge in [0.2, 0.25) is 0 Å². The monoisotopic (exact) mass is 279 g/mol. The SMILES string of the molecule is CCOC1(c2ncc(CNC(C)C)[nH]2)CCCC(C)C1. The second-order valence-corrected chi connectivity index (χ2v) is 6.42. The maximum absolute atomic E-state index is 6.15. The summed E-state index contributed by atoms with van der Waals surface area (Å²) in [5, 5.41) is 3.42. The molecular formula is C16H29N3O. The predicted molar refractivity (Wildman–Crippen MR) is 81.5 cm³/mol. The Kier molecular flexibility index (Phi) is 5.22. The zero-order valence-electron chi connectivity index (χ0n) is 13.3. The number of imidazole rings is 1. The van der Waals surface area contributed by atoms with Gasteiger partial charge in [-0.3, -0.25) is 0 Å². The number of hydrogen-bond donors (Lipinski definition) is 2. The van der Waals surface area contributed by atoms with Crippen molar-refractivity contribution in [2.75, 3.05) is 6.61 Å². The smallest absolute Gasteiger partial charge is 0.138 e.